The Balaban J connectivity index is 1.34. The second kappa shape index (κ2) is 10.3. The van der Waals surface area contributed by atoms with E-state index >= 15 is 0 Å². The third-order valence-corrected chi connectivity index (χ3v) is 15.4. The molecule has 15 rings (SSSR count). The predicted molar refractivity (Wildman–Crippen MR) is 255 cm³/mol. The van der Waals surface area contributed by atoms with Gasteiger partial charge in [-0.3, -0.25) is 4.98 Å². The van der Waals surface area contributed by atoms with E-state index in [9.17, 15) is 0 Å². The maximum absolute atomic E-state index is 5.37. The zero-order chi connectivity index (χ0) is 39.8. The third kappa shape index (κ3) is 3.32. The second-order valence-corrected chi connectivity index (χ2v) is 18.3. The molecule has 0 bridgehead atoms. The Hall–Kier alpha value is -6.78. The monoisotopic (exact) mass is 764 g/mol. The van der Waals surface area contributed by atoms with Gasteiger partial charge in [0.05, 0.1) is 28.1 Å². The Morgan fingerprint density at radius 1 is 0.450 bits per heavy atom. The lowest BCUT2D eigenvalue weighted by molar-refractivity contribution is 1.10. The molecule has 0 spiro atoms. The molecule has 7 aromatic carbocycles. The molecule has 0 saturated carbocycles. The molecule has 8 heterocycles. The number of aryl methyl sites for hydroxylation is 6. The predicted octanol–water partition coefficient (Wildman–Crippen LogP) is 8.43. The molecule has 60 heavy (non-hydrogen) atoms. The first-order chi connectivity index (χ1) is 29.4. The lowest BCUT2D eigenvalue weighted by Gasteiger charge is -2.43. The summed E-state index contributed by atoms with van der Waals surface area (Å²) in [6, 6.07) is 40.1. The highest BCUT2D eigenvalue weighted by molar-refractivity contribution is 7.05. The van der Waals surface area contributed by atoms with Crippen molar-refractivity contribution >= 4 is 112 Å². The van der Waals surface area contributed by atoms with E-state index in [1.54, 1.807) is 0 Å². The fraction of sp³-hybridized carbons (Fsp3) is 0.130. The van der Waals surface area contributed by atoms with Crippen molar-refractivity contribution in [1.82, 2.24) is 18.7 Å². The molecule has 0 fully saturated rings. The fourth-order valence-electron chi connectivity index (χ4n) is 13.1. The van der Waals surface area contributed by atoms with Gasteiger partial charge in [-0.1, -0.05) is 108 Å². The maximum atomic E-state index is 5.37. The molecule has 4 aromatic heterocycles. The number of aromatic nitrogens is 4. The van der Waals surface area contributed by atoms with E-state index in [4.69, 9.17) is 4.98 Å². The average Bonchev–Trinajstić information content (AvgIpc) is 3.89. The number of pyridine rings is 1. The van der Waals surface area contributed by atoms with E-state index in [1.165, 1.54) is 154 Å². The summed E-state index contributed by atoms with van der Waals surface area (Å²) in [5.41, 5.74) is 30.9. The van der Waals surface area contributed by atoms with Crippen LogP contribution in [0, 0.1) is 34.6 Å². The molecule has 0 aliphatic carbocycles. The number of fused-ring (bicyclic) bond motifs is 13. The summed E-state index contributed by atoms with van der Waals surface area (Å²) in [7, 11) is 0. The van der Waals surface area contributed by atoms with Crippen LogP contribution >= 0.6 is 0 Å². The van der Waals surface area contributed by atoms with Gasteiger partial charge in [0.15, 0.2) is 0 Å². The number of nitrogens with zero attached hydrogens (tertiary/aromatic N) is 4. The van der Waals surface area contributed by atoms with E-state index in [0.717, 1.165) is 12.1 Å². The minimum absolute atomic E-state index is 0.0414. The highest BCUT2D eigenvalue weighted by atomic mass is 15.1. The Morgan fingerprint density at radius 3 is 1.43 bits per heavy atom. The van der Waals surface area contributed by atoms with Gasteiger partial charge in [-0.15, -0.1) is 0 Å². The summed E-state index contributed by atoms with van der Waals surface area (Å²) in [6.07, 6.45) is 2.97. The standard InChI is InChI=1S/C54H38B2N4/c1-7-31-16-22-35-33-18-12-27(3)25-40(33)59-51(35)45(31)56-44-30(6)15-21-37-36-20-14-29(5)43-49(36)60(50(37)44)54-46-52(41(53(59)47(54)56)38-10-8-9-23-57-38)58-39-24-26(2)11-17-32(39)34-19-13-28(4)42(48(34)58)55(43)46/h8-25H,7H2,1-6H3. The van der Waals surface area contributed by atoms with Gasteiger partial charge in [0, 0.05) is 71.8 Å². The van der Waals surface area contributed by atoms with E-state index in [2.05, 4.69) is 158 Å². The molecule has 0 saturated heterocycles. The Bertz CT molecular complexity index is 3930. The highest BCUT2D eigenvalue weighted by Gasteiger charge is 2.52. The number of benzene rings is 7. The van der Waals surface area contributed by atoms with Gasteiger partial charge in [-0.2, -0.15) is 0 Å². The van der Waals surface area contributed by atoms with E-state index in [-0.39, 0.29) is 13.4 Å². The van der Waals surface area contributed by atoms with Gasteiger partial charge >= 0.3 is 0 Å². The zero-order valence-corrected chi connectivity index (χ0v) is 34.5. The van der Waals surface area contributed by atoms with Crippen molar-refractivity contribution in [3.63, 3.8) is 0 Å². The van der Waals surface area contributed by atoms with Crippen molar-refractivity contribution in [2.45, 2.75) is 48.0 Å². The summed E-state index contributed by atoms with van der Waals surface area (Å²) in [6.45, 7) is 14.0. The van der Waals surface area contributed by atoms with Crippen LogP contribution in [0.5, 0.6) is 0 Å². The molecule has 6 heteroatoms. The third-order valence-electron chi connectivity index (χ3n) is 15.4. The Kier molecular flexibility index (Phi) is 5.52. The van der Waals surface area contributed by atoms with Crippen molar-refractivity contribution in [1.29, 1.82) is 0 Å². The minimum Gasteiger partial charge on any atom is -0.311 e. The first-order valence-electron chi connectivity index (χ1n) is 21.7. The highest BCUT2D eigenvalue weighted by Crippen LogP contribution is 2.48. The molecule has 0 unspecified atom stereocenters. The van der Waals surface area contributed by atoms with Crippen LogP contribution in [0.1, 0.15) is 40.3 Å². The SMILES string of the molecule is CCc1ccc2c3ccc(C)cc3n3c2c1B1c2c-3c(-c3ccccn3)c3c4c2-n2c5c(c(C)ccc5c5ccc(C)c1c52)B4c1c(C)ccc2c4ccc(C)cc4n-3c12. The number of rotatable bonds is 2. The minimum atomic E-state index is 0.0414. The molecule has 4 aliphatic heterocycles. The molecular formula is C54H38B2N4. The summed E-state index contributed by atoms with van der Waals surface area (Å²) in [5, 5.41) is 8.00. The molecular weight excluding hydrogens is 726 g/mol. The number of hydrogen-bond acceptors (Lipinski definition) is 1. The molecule has 0 atom stereocenters. The van der Waals surface area contributed by atoms with Gasteiger partial charge in [0.2, 0.25) is 0 Å². The Morgan fingerprint density at radius 2 is 0.917 bits per heavy atom. The zero-order valence-electron chi connectivity index (χ0n) is 34.5. The fourth-order valence-corrected chi connectivity index (χ4v) is 13.1. The van der Waals surface area contributed by atoms with Crippen molar-refractivity contribution in [3.05, 3.63) is 143 Å². The van der Waals surface area contributed by atoms with Crippen molar-refractivity contribution in [2.24, 2.45) is 0 Å². The molecule has 0 N–H and O–H groups in total. The van der Waals surface area contributed by atoms with Crippen LogP contribution in [0.3, 0.4) is 0 Å². The smallest absolute Gasteiger partial charge is 0.252 e. The normalized spacial score (nSPS) is 13.8. The van der Waals surface area contributed by atoms with Crippen LogP contribution in [-0.4, -0.2) is 32.1 Å². The molecule has 0 radical (unpaired) electrons. The van der Waals surface area contributed by atoms with Crippen LogP contribution in [0.25, 0.3) is 93.7 Å². The van der Waals surface area contributed by atoms with Gasteiger partial charge in [0.25, 0.3) is 13.4 Å². The maximum Gasteiger partial charge on any atom is 0.252 e. The van der Waals surface area contributed by atoms with Crippen molar-refractivity contribution < 1.29 is 0 Å². The van der Waals surface area contributed by atoms with E-state index in [1.807, 2.05) is 6.20 Å². The average molecular weight is 765 g/mol. The Labute approximate surface area is 347 Å². The van der Waals surface area contributed by atoms with Crippen LogP contribution in [-0.2, 0) is 6.42 Å². The van der Waals surface area contributed by atoms with Crippen LogP contribution < -0.4 is 32.8 Å². The molecule has 4 nitrogen and oxygen atoms in total. The topological polar surface area (TPSA) is 27.7 Å². The van der Waals surface area contributed by atoms with Gasteiger partial charge in [-0.05, 0) is 109 Å². The lowest BCUT2D eigenvalue weighted by atomic mass is 9.28. The molecule has 0 amide bonds. The van der Waals surface area contributed by atoms with Crippen molar-refractivity contribution in [2.75, 3.05) is 0 Å². The lowest BCUT2D eigenvalue weighted by Crippen LogP contribution is -2.68. The van der Waals surface area contributed by atoms with Gasteiger partial charge in [-0.25, -0.2) is 0 Å². The number of hydrogen-bond donors (Lipinski definition) is 0. The first kappa shape index (κ1) is 32.1. The van der Waals surface area contributed by atoms with Crippen LogP contribution in [0.2, 0.25) is 0 Å². The second-order valence-electron chi connectivity index (χ2n) is 18.3. The first-order valence-corrected chi connectivity index (χ1v) is 21.7. The molecule has 4 aliphatic rings. The molecule has 280 valence electrons. The van der Waals surface area contributed by atoms with Crippen LogP contribution in [0.15, 0.2) is 109 Å². The van der Waals surface area contributed by atoms with Crippen LogP contribution in [0.4, 0.5) is 0 Å². The quantitative estimate of drug-likeness (QED) is 0.163. The molecule has 11 aromatic rings. The van der Waals surface area contributed by atoms with E-state index < -0.39 is 0 Å². The largest absolute Gasteiger partial charge is 0.311 e. The summed E-state index contributed by atoms with van der Waals surface area (Å²) >= 11 is 0. The summed E-state index contributed by atoms with van der Waals surface area (Å²) < 4.78 is 8.18. The van der Waals surface area contributed by atoms with Gasteiger partial charge in [0.1, 0.15) is 0 Å². The summed E-state index contributed by atoms with van der Waals surface area (Å²) in [4.78, 5) is 5.37. The summed E-state index contributed by atoms with van der Waals surface area (Å²) in [5.74, 6) is 0. The van der Waals surface area contributed by atoms with Gasteiger partial charge < -0.3 is 13.7 Å². The van der Waals surface area contributed by atoms with Crippen molar-refractivity contribution in [3.8, 4) is 28.3 Å². The van der Waals surface area contributed by atoms with E-state index in [0.29, 0.717) is 0 Å².